The molecule has 1 unspecified atom stereocenters. The highest BCUT2D eigenvalue weighted by Gasteiger charge is 2.24. The first kappa shape index (κ1) is 26.6. The van der Waals surface area contributed by atoms with Crippen LogP contribution in [0.3, 0.4) is 0 Å². The van der Waals surface area contributed by atoms with Gasteiger partial charge >= 0.3 is 0 Å². The summed E-state index contributed by atoms with van der Waals surface area (Å²) in [7, 11) is 2.03. The molecule has 1 aliphatic heterocycles. The van der Waals surface area contributed by atoms with Crippen molar-refractivity contribution >= 4 is 24.0 Å². The minimum absolute atomic E-state index is 0. The number of aryl methyl sites for hydroxylation is 1. The van der Waals surface area contributed by atoms with Gasteiger partial charge in [-0.1, -0.05) is 44.1 Å². The molecule has 2 N–H and O–H groups in total. The summed E-state index contributed by atoms with van der Waals surface area (Å²) in [4.78, 5) is 23.6. The van der Waals surface area contributed by atoms with E-state index in [1.165, 1.54) is 12.0 Å². The van der Waals surface area contributed by atoms with Crippen molar-refractivity contribution in [2.24, 2.45) is 0 Å². The van der Waals surface area contributed by atoms with Crippen LogP contribution >= 0.6 is 12.4 Å². The topological polar surface area (TPSA) is 96.2 Å². The van der Waals surface area contributed by atoms with Crippen molar-refractivity contribution in [3.8, 4) is 11.1 Å². The number of pyridine rings is 1. The molecule has 8 nitrogen and oxygen atoms in total. The van der Waals surface area contributed by atoms with Gasteiger partial charge in [0.1, 0.15) is 0 Å². The van der Waals surface area contributed by atoms with E-state index in [2.05, 4.69) is 61.8 Å². The van der Waals surface area contributed by atoms with Crippen molar-refractivity contribution < 1.29 is 9.32 Å². The number of halogens is 1. The highest BCUT2D eigenvalue weighted by molar-refractivity contribution is 5.90. The quantitative estimate of drug-likeness (QED) is 0.523. The van der Waals surface area contributed by atoms with Crippen LogP contribution in [0.4, 0.5) is 5.69 Å². The van der Waals surface area contributed by atoms with Gasteiger partial charge in [0.2, 0.25) is 5.89 Å². The molecule has 0 radical (unpaired) electrons. The molecule has 1 fully saturated rings. The largest absolute Gasteiger partial charge is 0.368 e. The lowest BCUT2D eigenvalue weighted by molar-refractivity contribution is 0.0937. The molecule has 1 amide bonds. The predicted molar refractivity (Wildman–Crippen MR) is 140 cm³/mol. The Morgan fingerprint density at radius 3 is 2.74 bits per heavy atom. The third-order valence-corrected chi connectivity index (χ3v) is 6.33. The first-order chi connectivity index (χ1) is 16.3. The molecule has 1 aromatic carbocycles. The number of anilines is 1. The van der Waals surface area contributed by atoms with Crippen molar-refractivity contribution in [1.29, 1.82) is 0 Å². The van der Waals surface area contributed by atoms with Crippen LogP contribution in [-0.4, -0.2) is 47.2 Å². The maximum absolute atomic E-state index is 12.5. The van der Waals surface area contributed by atoms with Crippen LogP contribution in [0.1, 0.15) is 61.2 Å². The fourth-order valence-electron chi connectivity index (χ4n) is 4.25. The first-order valence-electron chi connectivity index (χ1n) is 11.8. The van der Waals surface area contributed by atoms with Gasteiger partial charge in [-0.15, -0.1) is 12.4 Å². The van der Waals surface area contributed by atoms with Gasteiger partial charge in [-0.2, -0.15) is 4.98 Å². The van der Waals surface area contributed by atoms with Crippen LogP contribution < -0.4 is 15.5 Å². The second kappa shape index (κ2) is 11.2. The van der Waals surface area contributed by atoms with Crippen molar-refractivity contribution in [2.75, 3.05) is 25.0 Å². The molecule has 0 aliphatic carbocycles. The summed E-state index contributed by atoms with van der Waals surface area (Å²) in [6, 6.07) is 8.93. The molecule has 3 heterocycles. The summed E-state index contributed by atoms with van der Waals surface area (Å²) >= 11 is 0. The fourth-order valence-corrected chi connectivity index (χ4v) is 4.25. The van der Waals surface area contributed by atoms with E-state index in [1.807, 2.05) is 40.2 Å². The summed E-state index contributed by atoms with van der Waals surface area (Å²) in [5.74, 6) is 0.159. The molecule has 4 rings (SSSR count). The summed E-state index contributed by atoms with van der Waals surface area (Å²) in [5.41, 5.74) is 5.33. The number of nitrogens with zero attached hydrogens (tertiary/aromatic N) is 4. The molecular formula is C26H35ClN6O2. The zero-order chi connectivity index (χ0) is 24.3. The third kappa shape index (κ3) is 6.18. The minimum atomic E-state index is -0.344. The first-order valence-corrected chi connectivity index (χ1v) is 11.8. The van der Waals surface area contributed by atoms with Gasteiger partial charge in [-0.3, -0.25) is 9.78 Å². The van der Waals surface area contributed by atoms with E-state index in [0.29, 0.717) is 18.5 Å². The van der Waals surface area contributed by atoms with Crippen LogP contribution in [0.25, 0.3) is 11.1 Å². The molecule has 0 spiro atoms. The van der Waals surface area contributed by atoms with E-state index in [0.717, 1.165) is 41.9 Å². The van der Waals surface area contributed by atoms with Crippen LogP contribution in [0.15, 0.2) is 41.2 Å². The van der Waals surface area contributed by atoms with Crippen molar-refractivity contribution in [3.63, 3.8) is 0 Å². The Morgan fingerprint density at radius 2 is 2.06 bits per heavy atom. The maximum Gasteiger partial charge on any atom is 0.292 e. The highest BCUT2D eigenvalue weighted by atomic mass is 35.5. The Hall–Kier alpha value is -2.97. The summed E-state index contributed by atoms with van der Waals surface area (Å²) in [6.45, 7) is 10.4. The molecule has 1 aliphatic rings. The van der Waals surface area contributed by atoms with Gasteiger partial charge in [0.25, 0.3) is 11.7 Å². The Balaban J connectivity index is 0.00000342. The Bertz CT molecular complexity index is 1160. The van der Waals surface area contributed by atoms with Gasteiger partial charge < -0.3 is 20.1 Å². The zero-order valence-electron chi connectivity index (χ0n) is 21.1. The number of carbonyl (C=O) groups excluding carboxylic acids is 1. The summed E-state index contributed by atoms with van der Waals surface area (Å²) in [6.07, 6.45) is 6.17. The molecule has 0 saturated carbocycles. The van der Waals surface area contributed by atoms with Gasteiger partial charge in [-0.05, 0) is 49.6 Å². The van der Waals surface area contributed by atoms with Gasteiger partial charge in [0.05, 0.1) is 11.9 Å². The van der Waals surface area contributed by atoms with Crippen LogP contribution in [-0.2, 0) is 12.0 Å². The second-order valence-electron chi connectivity index (χ2n) is 9.96. The number of hydrogen-bond acceptors (Lipinski definition) is 7. The van der Waals surface area contributed by atoms with Crippen molar-refractivity contribution in [3.05, 3.63) is 59.5 Å². The average Bonchev–Trinajstić information content (AvgIpc) is 3.34. The number of amides is 1. The minimum Gasteiger partial charge on any atom is -0.368 e. The summed E-state index contributed by atoms with van der Waals surface area (Å²) in [5, 5.41) is 10.1. The Morgan fingerprint density at radius 1 is 1.26 bits per heavy atom. The zero-order valence-corrected chi connectivity index (χ0v) is 21.9. The van der Waals surface area contributed by atoms with E-state index in [4.69, 9.17) is 4.52 Å². The van der Waals surface area contributed by atoms with E-state index in [1.54, 1.807) is 0 Å². The number of benzene rings is 1. The Labute approximate surface area is 213 Å². The number of likely N-dealkylation sites (N-methyl/N-ethyl adjacent to an activating group) is 1. The molecule has 188 valence electrons. The molecular weight excluding hydrogens is 464 g/mol. The van der Waals surface area contributed by atoms with Crippen LogP contribution in [0.5, 0.6) is 0 Å². The van der Waals surface area contributed by atoms with Crippen LogP contribution in [0, 0.1) is 6.92 Å². The smallest absolute Gasteiger partial charge is 0.292 e. The molecule has 3 aromatic rings. The highest BCUT2D eigenvalue weighted by Crippen LogP contribution is 2.33. The van der Waals surface area contributed by atoms with Gasteiger partial charge in [-0.25, -0.2) is 0 Å². The van der Waals surface area contributed by atoms with Crippen LogP contribution in [0.2, 0.25) is 0 Å². The molecule has 2 aromatic heterocycles. The molecule has 1 atom stereocenters. The van der Waals surface area contributed by atoms with E-state index >= 15 is 0 Å². The Kier molecular flexibility index (Phi) is 8.51. The molecule has 35 heavy (non-hydrogen) atoms. The van der Waals surface area contributed by atoms with Gasteiger partial charge in [0, 0.05) is 42.9 Å². The summed E-state index contributed by atoms with van der Waals surface area (Å²) < 4.78 is 5.23. The average molecular weight is 499 g/mol. The normalized spacial score (nSPS) is 16.0. The van der Waals surface area contributed by atoms with Crippen molar-refractivity contribution in [2.45, 2.75) is 58.5 Å². The fraction of sp³-hybridized carbons (Fsp3) is 0.462. The third-order valence-electron chi connectivity index (χ3n) is 6.33. The SMILES string of the molecule is CNC1CCCN(c2cnccc2-c2ccc(CNC(=O)c3noc(C(C)(C)C)n3)c(C)c2)C1.Cl. The van der Waals surface area contributed by atoms with E-state index in [9.17, 15) is 4.79 Å². The molecule has 9 heteroatoms. The second-order valence-corrected chi connectivity index (χ2v) is 9.96. The number of rotatable bonds is 6. The van der Waals surface area contributed by atoms with E-state index in [-0.39, 0.29) is 29.6 Å². The number of hydrogen-bond donors (Lipinski definition) is 2. The predicted octanol–water partition coefficient (Wildman–Crippen LogP) is 4.28. The molecule has 0 bridgehead atoms. The number of carbonyl (C=O) groups is 1. The maximum atomic E-state index is 12.5. The standard InChI is InChI=1S/C26H34N6O2.ClH/c1-17-13-18(21-10-11-28-15-22(21)32-12-6-7-20(16-32)27-5)8-9-19(17)14-29-24(33)23-30-25(34-31-23)26(2,3)4;/h8-11,13,15,20,27H,6-7,12,14,16H2,1-5H3,(H,29,33);1H. The number of nitrogens with one attached hydrogen (secondary N) is 2. The monoisotopic (exact) mass is 498 g/mol. The lowest BCUT2D eigenvalue weighted by Crippen LogP contribution is -2.44. The number of piperidine rings is 1. The molecule has 1 saturated heterocycles. The lowest BCUT2D eigenvalue weighted by atomic mass is 9.97. The number of aromatic nitrogens is 3. The van der Waals surface area contributed by atoms with E-state index < -0.39 is 0 Å². The lowest BCUT2D eigenvalue weighted by Gasteiger charge is -2.35. The van der Waals surface area contributed by atoms with Crippen molar-refractivity contribution in [1.82, 2.24) is 25.8 Å². The van der Waals surface area contributed by atoms with Gasteiger partial charge in [0.15, 0.2) is 0 Å².